The van der Waals surface area contributed by atoms with Crippen LogP contribution in [-0.4, -0.2) is 52.0 Å². The highest BCUT2D eigenvalue weighted by atomic mass is 16.5. The third-order valence-electron chi connectivity index (χ3n) is 4.76. The van der Waals surface area contributed by atoms with E-state index in [1.54, 1.807) is 0 Å². The molecule has 1 aromatic heterocycles. The molecule has 0 N–H and O–H groups in total. The molecule has 0 saturated carbocycles. The second kappa shape index (κ2) is 7.22. The van der Waals surface area contributed by atoms with E-state index in [4.69, 9.17) is 4.52 Å². The van der Waals surface area contributed by atoms with Crippen molar-refractivity contribution >= 4 is 5.91 Å². The maximum absolute atomic E-state index is 12.1. The number of amides is 1. The van der Waals surface area contributed by atoms with Crippen LogP contribution in [0.5, 0.6) is 0 Å². The molecule has 0 aliphatic carbocycles. The van der Waals surface area contributed by atoms with Crippen LogP contribution in [0.4, 0.5) is 0 Å². The number of aryl methyl sites for hydroxylation is 1. The van der Waals surface area contributed by atoms with Crippen LogP contribution in [0, 0.1) is 12.8 Å². The van der Waals surface area contributed by atoms with Crippen molar-refractivity contribution in [3.8, 4) is 0 Å². The minimum absolute atomic E-state index is 0.349. The van der Waals surface area contributed by atoms with E-state index in [-0.39, 0.29) is 0 Å². The summed E-state index contributed by atoms with van der Waals surface area (Å²) in [6.07, 6.45) is 6.48. The van der Waals surface area contributed by atoms with Crippen molar-refractivity contribution in [2.45, 2.75) is 52.0 Å². The smallest absolute Gasteiger partial charge is 0.240 e. The number of piperidine rings is 1. The number of aromatic nitrogens is 2. The van der Waals surface area contributed by atoms with Crippen LogP contribution in [0.1, 0.15) is 50.2 Å². The molecule has 0 spiro atoms. The zero-order chi connectivity index (χ0) is 15.4. The Morgan fingerprint density at radius 1 is 1.27 bits per heavy atom. The van der Waals surface area contributed by atoms with Gasteiger partial charge in [-0.3, -0.25) is 9.69 Å². The highest BCUT2D eigenvalue weighted by molar-refractivity contribution is 5.76. The van der Waals surface area contributed by atoms with Gasteiger partial charge in [-0.25, -0.2) is 0 Å². The lowest BCUT2D eigenvalue weighted by atomic mass is 9.93. The standard InChI is InChI=1S/C16H26N4O2/c1-13-17-15(22-18-13)12-19-8-4-5-14(11-19)6-7-16(21)20-9-2-3-10-20/h14H,2-12H2,1H3. The Morgan fingerprint density at radius 3 is 2.82 bits per heavy atom. The van der Waals surface area contributed by atoms with Crippen molar-refractivity contribution in [3.63, 3.8) is 0 Å². The second-order valence-corrected chi connectivity index (χ2v) is 6.61. The first kappa shape index (κ1) is 15.5. The molecule has 1 aromatic rings. The monoisotopic (exact) mass is 306 g/mol. The number of nitrogens with zero attached hydrogens (tertiary/aromatic N) is 4. The van der Waals surface area contributed by atoms with Crippen molar-refractivity contribution < 1.29 is 9.32 Å². The molecule has 3 heterocycles. The fraction of sp³-hybridized carbons (Fsp3) is 0.812. The summed E-state index contributed by atoms with van der Waals surface area (Å²) in [5, 5.41) is 3.84. The summed E-state index contributed by atoms with van der Waals surface area (Å²) in [6, 6.07) is 0. The van der Waals surface area contributed by atoms with E-state index in [0.29, 0.717) is 30.0 Å². The van der Waals surface area contributed by atoms with Crippen LogP contribution < -0.4 is 0 Å². The van der Waals surface area contributed by atoms with Gasteiger partial charge in [0.05, 0.1) is 6.54 Å². The zero-order valence-electron chi connectivity index (χ0n) is 13.5. The van der Waals surface area contributed by atoms with E-state index in [2.05, 4.69) is 15.0 Å². The summed E-state index contributed by atoms with van der Waals surface area (Å²) in [5.74, 6) is 2.36. The van der Waals surface area contributed by atoms with Gasteiger partial charge in [0.1, 0.15) is 0 Å². The largest absolute Gasteiger partial charge is 0.343 e. The third kappa shape index (κ3) is 4.06. The molecule has 6 heteroatoms. The molecule has 6 nitrogen and oxygen atoms in total. The first-order valence-corrected chi connectivity index (χ1v) is 8.50. The van der Waals surface area contributed by atoms with Crippen LogP contribution in [-0.2, 0) is 11.3 Å². The molecule has 2 aliphatic heterocycles. The van der Waals surface area contributed by atoms with E-state index in [1.807, 2.05) is 11.8 Å². The molecule has 2 aliphatic rings. The topological polar surface area (TPSA) is 62.5 Å². The number of carbonyl (C=O) groups is 1. The number of likely N-dealkylation sites (tertiary alicyclic amines) is 2. The Balaban J connectivity index is 1.43. The number of hydrogen-bond acceptors (Lipinski definition) is 5. The summed E-state index contributed by atoms with van der Waals surface area (Å²) in [5.41, 5.74) is 0. The van der Waals surface area contributed by atoms with Gasteiger partial charge < -0.3 is 9.42 Å². The second-order valence-electron chi connectivity index (χ2n) is 6.61. The van der Waals surface area contributed by atoms with Crippen LogP contribution in [0.3, 0.4) is 0 Å². The molecule has 0 aromatic carbocycles. The minimum atomic E-state index is 0.349. The molecule has 22 heavy (non-hydrogen) atoms. The average Bonchev–Trinajstić information content (AvgIpc) is 3.17. The molecule has 0 radical (unpaired) electrons. The molecule has 1 atom stereocenters. The summed E-state index contributed by atoms with van der Waals surface area (Å²) < 4.78 is 5.20. The third-order valence-corrected chi connectivity index (χ3v) is 4.76. The highest BCUT2D eigenvalue weighted by Crippen LogP contribution is 2.23. The first-order chi connectivity index (χ1) is 10.7. The van der Waals surface area contributed by atoms with Gasteiger partial charge in [-0.2, -0.15) is 4.98 Å². The van der Waals surface area contributed by atoms with Crippen LogP contribution in [0.15, 0.2) is 4.52 Å². The van der Waals surface area contributed by atoms with Crippen LogP contribution in [0.2, 0.25) is 0 Å². The molecule has 2 fully saturated rings. The quantitative estimate of drug-likeness (QED) is 0.832. The van der Waals surface area contributed by atoms with Gasteiger partial charge in [0.15, 0.2) is 5.82 Å². The maximum Gasteiger partial charge on any atom is 0.240 e. The number of rotatable bonds is 5. The Morgan fingerprint density at radius 2 is 2.09 bits per heavy atom. The number of carbonyl (C=O) groups excluding carboxylic acids is 1. The van der Waals surface area contributed by atoms with Gasteiger partial charge in [-0.05, 0) is 51.5 Å². The zero-order valence-corrected chi connectivity index (χ0v) is 13.5. The Bertz CT molecular complexity index is 496. The Kier molecular flexibility index (Phi) is 5.08. The average molecular weight is 306 g/mol. The van der Waals surface area contributed by atoms with Gasteiger partial charge in [0.2, 0.25) is 11.8 Å². The van der Waals surface area contributed by atoms with E-state index >= 15 is 0 Å². The SMILES string of the molecule is Cc1noc(CN2CCCC(CCC(=O)N3CCCC3)C2)n1. The van der Waals surface area contributed by atoms with E-state index in [9.17, 15) is 4.79 Å². The molecule has 2 saturated heterocycles. The van der Waals surface area contributed by atoms with Crippen molar-refractivity contribution in [2.24, 2.45) is 5.92 Å². The molecule has 1 unspecified atom stereocenters. The van der Waals surface area contributed by atoms with Crippen molar-refractivity contribution in [1.82, 2.24) is 19.9 Å². The summed E-state index contributed by atoms with van der Waals surface area (Å²) >= 11 is 0. The highest BCUT2D eigenvalue weighted by Gasteiger charge is 2.24. The Labute approximate surface area is 131 Å². The van der Waals surface area contributed by atoms with Gasteiger partial charge in [-0.15, -0.1) is 0 Å². The fourth-order valence-electron chi connectivity index (χ4n) is 3.58. The first-order valence-electron chi connectivity index (χ1n) is 8.50. The van der Waals surface area contributed by atoms with E-state index in [0.717, 1.165) is 39.1 Å². The predicted molar refractivity (Wildman–Crippen MR) is 82.1 cm³/mol. The van der Waals surface area contributed by atoms with Crippen LogP contribution >= 0.6 is 0 Å². The normalized spacial score (nSPS) is 23.1. The summed E-state index contributed by atoms with van der Waals surface area (Å²) in [6.45, 7) is 6.62. The van der Waals surface area contributed by atoms with Crippen molar-refractivity contribution in [3.05, 3.63) is 11.7 Å². The number of hydrogen-bond donors (Lipinski definition) is 0. The molecule has 122 valence electrons. The van der Waals surface area contributed by atoms with Gasteiger partial charge >= 0.3 is 0 Å². The van der Waals surface area contributed by atoms with Gasteiger partial charge in [0, 0.05) is 26.1 Å². The van der Waals surface area contributed by atoms with Crippen molar-refractivity contribution in [1.29, 1.82) is 0 Å². The van der Waals surface area contributed by atoms with Gasteiger partial charge in [0.25, 0.3) is 0 Å². The lowest BCUT2D eigenvalue weighted by Gasteiger charge is -2.31. The van der Waals surface area contributed by atoms with Crippen LogP contribution in [0.25, 0.3) is 0 Å². The summed E-state index contributed by atoms with van der Waals surface area (Å²) in [4.78, 5) is 20.8. The molecular formula is C16H26N4O2. The Hall–Kier alpha value is -1.43. The van der Waals surface area contributed by atoms with Crippen molar-refractivity contribution in [2.75, 3.05) is 26.2 Å². The van der Waals surface area contributed by atoms with E-state index in [1.165, 1.54) is 25.7 Å². The van der Waals surface area contributed by atoms with Gasteiger partial charge in [-0.1, -0.05) is 5.16 Å². The molecule has 3 rings (SSSR count). The lowest BCUT2D eigenvalue weighted by Crippen LogP contribution is -2.36. The lowest BCUT2D eigenvalue weighted by molar-refractivity contribution is -0.130. The van der Waals surface area contributed by atoms with E-state index < -0.39 is 0 Å². The predicted octanol–water partition coefficient (Wildman–Crippen LogP) is 1.99. The molecular weight excluding hydrogens is 280 g/mol. The minimum Gasteiger partial charge on any atom is -0.343 e. The maximum atomic E-state index is 12.1. The summed E-state index contributed by atoms with van der Waals surface area (Å²) in [7, 11) is 0. The molecule has 0 bridgehead atoms. The molecule has 1 amide bonds. The fourth-order valence-corrected chi connectivity index (χ4v) is 3.58.